The normalized spacial score (nSPS) is 16.4. The number of aromatic nitrogens is 1. The van der Waals surface area contributed by atoms with Crippen LogP contribution in [0.3, 0.4) is 0 Å². The first-order valence-electron chi connectivity index (χ1n) is 7.80. The lowest BCUT2D eigenvalue weighted by molar-refractivity contribution is -0.607. The van der Waals surface area contributed by atoms with Crippen LogP contribution in [0.5, 0.6) is 0 Å². The van der Waals surface area contributed by atoms with E-state index in [0.29, 0.717) is 10.6 Å². The van der Waals surface area contributed by atoms with Crippen molar-refractivity contribution in [2.24, 2.45) is 5.92 Å². The van der Waals surface area contributed by atoms with Crippen LogP contribution in [0, 0.1) is 11.1 Å². The number of amides is 1. The average Bonchev–Trinajstić information content (AvgIpc) is 3.08. The van der Waals surface area contributed by atoms with Crippen LogP contribution in [-0.2, 0) is 0 Å². The van der Waals surface area contributed by atoms with E-state index in [0.717, 1.165) is 18.4 Å². The van der Waals surface area contributed by atoms with Gasteiger partial charge in [0.2, 0.25) is 0 Å². The summed E-state index contributed by atoms with van der Waals surface area (Å²) in [5.74, 6) is 0.131. The van der Waals surface area contributed by atoms with Crippen molar-refractivity contribution in [2.45, 2.75) is 31.7 Å². The van der Waals surface area contributed by atoms with Crippen LogP contribution in [0.15, 0.2) is 54.7 Å². The van der Waals surface area contributed by atoms with Crippen molar-refractivity contribution in [3.8, 4) is 0 Å². The van der Waals surface area contributed by atoms with Gasteiger partial charge in [-0.3, -0.25) is 4.79 Å². The van der Waals surface area contributed by atoms with Crippen molar-refractivity contribution in [2.75, 3.05) is 0 Å². The van der Waals surface area contributed by atoms with E-state index in [1.165, 1.54) is 19.0 Å². The minimum Gasteiger partial charge on any atom is -0.618 e. The van der Waals surface area contributed by atoms with E-state index < -0.39 is 0 Å². The van der Waals surface area contributed by atoms with Crippen LogP contribution in [-0.4, -0.2) is 5.91 Å². The summed E-state index contributed by atoms with van der Waals surface area (Å²) in [6, 6.07) is 14.9. The highest BCUT2D eigenvalue weighted by molar-refractivity contribution is 5.91. The van der Waals surface area contributed by atoms with Gasteiger partial charge in [0, 0.05) is 12.1 Å². The second-order valence-electron chi connectivity index (χ2n) is 5.82. The Morgan fingerprint density at radius 3 is 2.45 bits per heavy atom. The highest BCUT2D eigenvalue weighted by Crippen LogP contribution is 2.35. The predicted octanol–water partition coefficient (Wildman–Crippen LogP) is 2.98. The maximum atomic E-state index is 12.5. The van der Waals surface area contributed by atoms with Gasteiger partial charge >= 0.3 is 5.91 Å². The molecule has 4 nitrogen and oxygen atoms in total. The van der Waals surface area contributed by atoms with Gasteiger partial charge in [-0.2, -0.15) is 4.73 Å². The highest BCUT2D eigenvalue weighted by atomic mass is 16.5. The van der Waals surface area contributed by atoms with Crippen molar-refractivity contribution in [3.63, 3.8) is 0 Å². The third kappa shape index (κ3) is 3.11. The second kappa shape index (κ2) is 6.60. The summed E-state index contributed by atoms with van der Waals surface area (Å²) in [5.41, 5.74) is 1.25. The first-order valence-corrected chi connectivity index (χ1v) is 7.80. The van der Waals surface area contributed by atoms with Crippen molar-refractivity contribution >= 4 is 5.91 Å². The minimum absolute atomic E-state index is 0.0311. The van der Waals surface area contributed by atoms with E-state index >= 15 is 0 Å². The molecule has 1 atom stereocenters. The molecule has 0 unspecified atom stereocenters. The largest absolute Gasteiger partial charge is 0.618 e. The molecular weight excluding hydrogens is 276 g/mol. The molecule has 1 N–H and O–H groups in total. The van der Waals surface area contributed by atoms with Crippen LogP contribution in [0.1, 0.15) is 47.8 Å². The lowest BCUT2D eigenvalue weighted by Gasteiger charge is -2.24. The van der Waals surface area contributed by atoms with Crippen molar-refractivity contribution in [1.82, 2.24) is 5.32 Å². The molecule has 1 amide bonds. The van der Waals surface area contributed by atoms with Gasteiger partial charge in [0.25, 0.3) is 5.69 Å². The van der Waals surface area contributed by atoms with Crippen molar-refractivity contribution < 1.29 is 9.52 Å². The zero-order valence-corrected chi connectivity index (χ0v) is 12.4. The third-order valence-corrected chi connectivity index (χ3v) is 4.37. The highest BCUT2D eigenvalue weighted by Gasteiger charge is 2.29. The maximum Gasteiger partial charge on any atom is 0.317 e. The Bertz CT molecular complexity index is 637. The third-order valence-electron chi connectivity index (χ3n) is 4.37. The van der Waals surface area contributed by atoms with Gasteiger partial charge < -0.3 is 10.5 Å². The molecule has 0 spiro atoms. The first-order chi connectivity index (χ1) is 10.8. The molecule has 4 heteroatoms. The van der Waals surface area contributed by atoms with Crippen LogP contribution in [0.25, 0.3) is 0 Å². The molecule has 1 fully saturated rings. The molecule has 0 aliphatic heterocycles. The summed E-state index contributed by atoms with van der Waals surface area (Å²) < 4.78 is 0.617. The number of rotatable bonds is 4. The summed E-state index contributed by atoms with van der Waals surface area (Å²) in [6.45, 7) is 0. The van der Waals surface area contributed by atoms with Crippen LogP contribution in [0.2, 0.25) is 0 Å². The van der Waals surface area contributed by atoms with E-state index in [2.05, 4.69) is 5.32 Å². The number of nitrogens with one attached hydrogen (secondary N) is 1. The lowest BCUT2D eigenvalue weighted by atomic mass is 9.91. The standard InChI is InChI=1S/C18H20N2O2/c21-18(16-12-6-7-13-20(16)22)19-17(15-10-4-5-11-15)14-8-2-1-3-9-14/h1-3,6-9,12-13,15,17H,4-5,10-11H2,(H,19,21)/t17-/m0/s1. The predicted molar refractivity (Wildman–Crippen MR) is 84.0 cm³/mol. The molecule has 1 aliphatic rings. The van der Waals surface area contributed by atoms with Gasteiger partial charge in [-0.05, 0) is 30.4 Å². The topological polar surface area (TPSA) is 56.0 Å². The maximum absolute atomic E-state index is 12.5. The van der Waals surface area contributed by atoms with Gasteiger partial charge in [-0.15, -0.1) is 0 Å². The van der Waals surface area contributed by atoms with Crippen LogP contribution in [0.4, 0.5) is 0 Å². The van der Waals surface area contributed by atoms with Crippen LogP contribution >= 0.6 is 0 Å². The van der Waals surface area contributed by atoms with E-state index in [1.807, 2.05) is 30.3 Å². The monoisotopic (exact) mass is 296 g/mol. The molecule has 114 valence electrons. The molecular formula is C18H20N2O2. The molecule has 1 saturated carbocycles. The Hall–Kier alpha value is -2.36. The van der Waals surface area contributed by atoms with Gasteiger partial charge in [0.1, 0.15) is 0 Å². The zero-order valence-electron chi connectivity index (χ0n) is 12.4. The first kappa shape index (κ1) is 14.6. The average molecular weight is 296 g/mol. The van der Waals surface area contributed by atoms with Gasteiger partial charge in [-0.1, -0.05) is 43.2 Å². The van der Waals surface area contributed by atoms with E-state index in [1.54, 1.807) is 18.2 Å². The number of carbonyl (C=O) groups is 1. The SMILES string of the molecule is O=C(N[C@@H](c1ccccc1)C1CCCC1)c1cccc[n+]1[O-]. The summed E-state index contributed by atoms with van der Waals surface area (Å²) in [4.78, 5) is 12.5. The van der Waals surface area contributed by atoms with Crippen molar-refractivity contribution in [1.29, 1.82) is 0 Å². The Morgan fingerprint density at radius 2 is 1.77 bits per heavy atom. The molecule has 1 aliphatic carbocycles. The van der Waals surface area contributed by atoms with Gasteiger partial charge in [-0.25, -0.2) is 0 Å². The quantitative estimate of drug-likeness (QED) is 0.696. The number of hydrogen-bond donors (Lipinski definition) is 1. The van der Waals surface area contributed by atoms with Crippen molar-refractivity contribution in [3.05, 3.63) is 71.2 Å². The lowest BCUT2D eigenvalue weighted by Crippen LogP contribution is -2.41. The summed E-state index contributed by atoms with van der Waals surface area (Å²) >= 11 is 0. The number of hydrogen-bond acceptors (Lipinski definition) is 2. The molecule has 0 radical (unpaired) electrons. The van der Waals surface area contributed by atoms with E-state index in [-0.39, 0.29) is 17.6 Å². The molecule has 1 aromatic heterocycles. The smallest absolute Gasteiger partial charge is 0.317 e. The molecule has 22 heavy (non-hydrogen) atoms. The van der Waals surface area contributed by atoms with E-state index in [9.17, 15) is 10.0 Å². The Kier molecular flexibility index (Phi) is 4.37. The Balaban J connectivity index is 1.84. The van der Waals surface area contributed by atoms with Gasteiger partial charge in [0.05, 0.1) is 6.04 Å². The molecule has 3 rings (SSSR count). The fourth-order valence-electron chi connectivity index (χ4n) is 3.24. The molecule has 1 heterocycles. The number of benzene rings is 1. The Labute approximate surface area is 130 Å². The fourth-order valence-corrected chi connectivity index (χ4v) is 3.24. The van der Waals surface area contributed by atoms with Crippen LogP contribution < -0.4 is 10.0 Å². The van der Waals surface area contributed by atoms with E-state index in [4.69, 9.17) is 0 Å². The Morgan fingerprint density at radius 1 is 1.09 bits per heavy atom. The summed E-state index contributed by atoms with van der Waals surface area (Å²) in [6.07, 6.45) is 5.99. The number of carbonyl (C=O) groups excluding carboxylic acids is 1. The fraction of sp³-hybridized carbons (Fsp3) is 0.333. The number of nitrogens with zero attached hydrogens (tertiary/aromatic N) is 1. The molecule has 0 bridgehead atoms. The number of pyridine rings is 1. The molecule has 2 aromatic rings. The molecule has 1 aromatic carbocycles. The zero-order chi connectivity index (χ0) is 15.4. The molecule has 0 saturated heterocycles. The van der Waals surface area contributed by atoms with Gasteiger partial charge in [0.15, 0.2) is 6.20 Å². The summed E-state index contributed by atoms with van der Waals surface area (Å²) in [5, 5.41) is 14.8. The minimum atomic E-state index is -0.309. The summed E-state index contributed by atoms with van der Waals surface area (Å²) in [7, 11) is 0. The second-order valence-corrected chi connectivity index (χ2v) is 5.82.